The predicted octanol–water partition coefficient (Wildman–Crippen LogP) is 2.97. The summed E-state index contributed by atoms with van der Waals surface area (Å²) < 4.78 is 6.92. The van der Waals surface area contributed by atoms with Crippen molar-refractivity contribution in [3.63, 3.8) is 0 Å². The van der Waals surface area contributed by atoms with E-state index in [0.717, 1.165) is 16.9 Å². The van der Waals surface area contributed by atoms with E-state index >= 15 is 0 Å². The molecule has 3 rings (SSSR count). The molecule has 0 bridgehead atoms. The number of nitrogens with two attached hydrogens (primary N) is 1. The van der Waals surface area contributed by atoms with Crippen molar-refractivity contribution in [1.82, 2.24) is 14.5 Å². The normalized spacial score (nSPS) is 10.9. The molecule has 0 radical (unpaired) electrons. The van der Waals surface area contributed by atoms with E-state index in [4.69, 9.17) is 22.1 Å². The summed E-state index contributed by atoms with van der Waals surface area (Å²) in [5.41, 5.74) is 9.16. The molecule has 0 aliphatic heterocycles. The molecule has 102 valence electrons. The van der Waals surface area contributed by atoms with Crippen LogP contribution in [-0.4, -0.2) is 21.6 Å². The van der Waals surface area contributed by atoms with Gasteiger partial charge < -0.3 is 10.5 Å². The molecule has 5 nitrogen and oxygen atoms in total. The second kappa shape index (κ2) is 4.68. The first-order chi connectivity index (χ1) is 9.60. The molecule has 0 saturated heterocycles. The number of imidazole rings is 1. The Bertz CT molecular complexity index is 797. The molecule has 2 heterocycles. The average molecular weight is 289 g/mol. The molecule has 3 aromatic rings. The lowest BCUT2D eigenvalue weighted by molar-refractivity contribution is 0.415. The molecule has 20 heavy (non-hydrogen) atoms. The summed E-state index contributed by atoms with van der Waals surface area (Å²) in [5, 5.41) is 0.513. The molecule has 0 spiro atoms. The Kier molecular flexibility index (Phi) is 2.99. The number of hydrogen-bond donors (Lipinski definition) is 1. The van der Waals surface area contributed by atoms with Gasteiger partial charge in [0.25, 0.3) is 0 Å². The van der Waals surface area contributed by atoms with Crippen LogP contribution >= 0.6 is 11.6 Å². The van der Waals surface area contributed by atoms with E-state index in [2.05, 4.69) is 9.97 Å². The van der Waals surface area contributed by atoms with Crippen molar-refractivity contribution < 1.29 is 4.74 Å². The van der Waals surface area contributed by atoms with E-state index < -0.39 is 0 Å². The number of fused-ring (bicyclic) bond motifs is 1. The van der Waals surface area contributed by atoms with Crippen LogP contribution < -0.4 is 10.5 Å². The SMILES string of the molecule is COc1ccc(-n2c(N)nc3ccc(C)nc32)cc1Cl. The van der Waals surface area contributed by atoms with E-state index in [9.17, 15) is 0 Å². The quantitative estimate of drug-likeness (QED) is 0.787. The van der Waals surface area contributed by atoms with Gasteiger partial charge in [-0.2, -0.15) is 0 Å². The summed E-state index contributed by atoms with van der Waals surface area (Å²) in [7, 11) is 1.58. The number of benzene rings is 1. The Labute approximate surface area is 121 Å². The fourth-order valence-electron chi connectivity index (χ4n) is 2.12. The van der Waals surface area contributed by atoms with Gasteiger partial charge in [0.2, 0.25) is 5.95 Å². The van der Waals surface area contributed by atoms with Crippen molar-refractivity contribution >= 4 is 28.7 Å². The number of ether oxygens (including phenoxy) is 1. The number of pyridine rings is 1. The van der Waals surface area contributed by atoms with Crippen LogP contribution in [0.1, 0.15) is 5.69 Å². The third-order valence-corrected chi connectivity index (χ3v) is 3.36. The highest BCUT2D eigenvalue weighted by atomic mass is 35.5. The summed E-state index contributed by atoms with van der Waals surface area (Å²) >= 11 is 6.16. The minimum absolute atomic E-state index is 0.374. The largest absolute Gasteiger partial charge is 0.495 e. The lowest BCUT2D eigenvalue weighted by atomic mass is 10.3. The molecule has 0 fully saturated rings. The third-order valence-electron chi connectivity index (χ3n) is 3.06. The number of nitrogens with zero attached hydrogens (tertiary/aromatic N) is 3. The molecule has 2 N–H and O–H groups in total. The Balaban J connectivity index is 2.26. The molecular formula is C14H13ClN4O. The molecule has 0 unspecified atom stereocenters. The summed E-state index contributed by atoms with van der Waals surface area (Å²) in [6.45, 7) is 1.92. The lowest BCUT2D eigenvalue weighted by Gasteiger charge is -2.09. The van der Waals surface area contributed by atoms with Gasteiger partial charge in [0, 0.05) is 5.69 Å². The van der Waals surface area contributed by atoms with Crippen LogP contribution in [0.3, 0.4) is 0 Å². The van der Waals surface area contributed by atoms with Crippen LogP contribution in [0.5, 0.6) is 5.75 Å². The molecular weight excluding hydrogens is 276 g/mol. The Morgan fingerprint density at radius 2 is 2.00 bits per heavy atom. The van der Waals surface area contributed by atoms with Crippen molar-refractivity contribution in [2.75, 3.05) is 12.8 Å². The van der Waals surface area contributed by atoms with Crippen molar-refractivity contribution in [1.29, 1.82) is 0 Å². The van der Waals surface area contributed by atoms with E-state index in [0.29, 0.717) is 22.4 Å². The standard InChI is InChI=1S/C14H13ClN4O/c1-8-3-5-11-13(17-8)19(14(16)18-11)9-4-6-12(20-2)10(15)7-9/h3-7H,1-2H3,(H2,16,18). The van der Waals surface area contributed by atoms with Gasteiger partial charge >= 0.3 is 0 Å². The summed E-state index contributed by atoms with van der Waals surface area (Å²) in [6.07, 6.45) is 0. The summed E-state index contributed by atoms with van der Waals surface area (Å²) in [6, 6.07) is 9.24. The topological polar surface area (TPSA) is 66.0 Å². The average Bonchev–Trinajstić information content (AvgIpc) is 2.74. The first-order valence-corrected chi connectivity index (χ1v) is 6.43. The minimum atomic E-state index is 0.374. The second-order valence-corrected chi connectivity index (χ2v) is 4.83. The lowest BCUT2D eigenvalue weighted by Crippen LogP contribution is -2.02. The zero-order valence-corrected chi connectivity index (χ0v) is 11.8. The van der Waals surface area contributed by atoms with Gasteiger partial charge in [0.15, 0.2) is 5.65 Å². The molecule has 0 aliphatic carbocycles. The van der Waals surface area contributed by atoms with Crippen molar-refractivity contribution in [2.45, 2.75) is 6.92 Å². The van der Waals surface area contributed by atoms with Crippen molar-refractivity contribution in [3.05, 3.63) is 41.0 Å². The summed E-state index contributed by atoms with van der Waals surface area (Å²) in [5.74, 6) is 0.988. The van der Waals surface area contributed by atoms with Crippen molar-refractivity contribution in [3.8, 4) is 11.4 Å². The first-order valence-electron chi connectivity index (χ1n) is 6.05. The van der Waals surface area contributed by atoms with Gasteiger partial charge in [-0.1, -0.05) is 11.6 Å². The third kappa shape index (κ3) is 1.96. The number of methoxy groups -OCH3 is 1. The Morgan fingerprint density at radius 3 is 2.70 bits per heavy atom. The highest BCUT2D eigenvalue weighted by molar-refractivity contribution is 6.32. The number of anilines is 1. The zero-order valence-electron chi connectivity index (χ0n) is 11.1. The minimum Gasteiger partial charge on any atom is -0.495 e. The van der Waals surface area contributed by atoms with E-state index in [1.54, 1.807) is 23.8 Å². The maximum atomic E-state index is 6.16. The van der Waals surface area contributed by atoms with Crippen molar-refractivity contribution in [2.24, 2.45) is 0 Å². The van der Waals surface area contributed by atoms with Crippen LogP contribution in [0.2, 0.25) is 5.02 Å². The highest BCUT2D eigenvalue weighted by Gasteiger charge is 2.13. The van der Waals surface area contributed by atoms with Crippen LogP contribution in [0.25, 0.3) is 16.9 Å². The monoisotopic (exact) mass is 288 g/mol. The van der Waals surface area contributed by atoms with Crippen LogP contribution in [0.15, 0.2) is 30.3 Å². The van der Waals surface area contributed by atoms with Gasteiger partial charge in [-0.15, -0.1) is 0 Å². The number of rotatable bonds is 2. The Morgan fingerprint density at radius 1 is 1.20 bits per heavy atom. The van der Waals surface area contributed by atoms with E-state index in [1.807, 2.05) is 25.1 Å². The molecule has 0 aliphatic rings. The Hall–Kier alpha value is -2.27. The highest BCUT2D eigenvalue weighted by Crippen LogP contribution is 2.29. The molecule has 0 amide bonds. The van der Waals surface area contributed by atoms with Crippen LogP contribution in [0, 0.1) is 6.92 Å². The van der Waals surface area contributed by atoms with E-state index in [-0.39, 0.29) is 0 Å². The van der Waals surface area contributed by atoms with E-state index in [1.165, 1.54) is 0 Å². The number of nitrogen functional groups attached to an aromatic ring is 1. The van der Waals surface area contributed by atoms with Gasteiger partial charge in [-0.3, -0.25) is 4.57 Å². The van der Waals surface area contributed by atoms with Gasteiger partial charge in [0.1, 0.15) is 11.3 Å². The fourth-order valence-corrected chi connectivity index (χ4v) is 2.37. The molecule has 2 aromatic heterocycles. The smallest absolute Gasteiger partial charge is 0.207 e. The fraction of sp³-hybridized carbons (Fsp3) is 0.143. The molecule has 0 atom stereocenters. The first kappa shape index (κ1) is 12.7. The molecule has 0 saturated carbocycles. The summed E-state index contributed by atoms with van der Waals surface area (Å²) in [4.78, 5) is 8.80. The van der Waals surface area contributed by atoms with Gasteiger partial charge in [0.05, 0.1) is 17.8 Å². The second-order valence-electron chi connectivity index (χ2n) is 4.42. The number of aryl methyl sites for hydroxylation is 1. The predicted molar refractivity (Wildman–Crippen MR) is 79.6 cm³/mol. The number of aromatic nitrogens is 3. The van der Waals surface area contributed by atoms with Gasteiger partial charge in [-0.25, -0.2) is 9.97 Å². The number of hydrogen-bond acceptors (Lipinski definition) is 4. The van der Waals surface area contributed by atoms with Gasteiger partial charge in [-0.05, 0) is 37.3 Å². The van der Waals surface area contributed by atoms with Crippen LogP contribution in [-0.2, 0) is 0 Å². The van der Waals surface area contributed by atoms with Crippen LogP contribution in [0.4, 0.5) is 5.95 Å². The maximum absolute atomic E-state index is 6.16. The maximum Gasteiger partial charge on any atom is 0.207 e. The molecule has 6 heteroatoms. The number of halogens is 1. The zero-order chi connectivity index (χ0) is 14.3. The molecule has 1 aromatic carbocycles.